The van der Waals surface area contributed by atoms with Gasteiger partial charge in [0.2, 0.25) is 5.13 Å². The summed E-state index contributed by atoms with van der Waals surface area (Å²) in [5, 5.41) is 11.6. The largest absolute Gasteiger partial charge is 0.374 e. The summed E-state index contributed by atoms with van der Waals surface area (Å²) in [6.07, 6.45) is 2.81. The van der Waals surface area contributed by atoms with Crippen LogP contribution in [0.15, 0.2) is 12.4 Å². The van der Waals surface area contributed by atoms with Crippen molar-refractivity contribution in [3.8, 4) is 0 Å². The predicted octanol–water partition coefficient (Wildman–Crippen LogP) is 1.60. The van der Waals surface area contributed by atoms with Crippen LogP contribution >= 0.6 is 11.3 Å². The Labute approximate surface area is 114 Å². The Balaban J connectivity index is 2.06. The molecule has 0 fully saturated rings. The van der Waals surface area contributed by atoms with E-state index in [1.54, 1.807) is 14.0 Å². The number of rotatable bonds is 4. The van der Waals surface area contributed by atoms with Gasteiger partial charge in [-0.15, -0.1) is 10.2 Å². The molecule has 100 valence electrons. The first-order valence-electron chi connectivity index (χ1n) is 5.56. The van der Waals surface area contributed by atoms with Crippen LogP contribution < -0.4 is 5.32 Å². The van der Waals surface area contributed by atoms with E-state index in [0.29, 0.717) is 10.1 Å². The fourth-order valence-corrected chi connectivity index (χ4v) is 1.99. The van der Waals surface area contributed by atoms with Gasteiger partial charge in [0.05, 0.1) is 11.9 Å². The Morgan fingerprint density at radius 2 is 2.16 bits per heavy atom. The van der Waals surface area contributed by atoms with Crippen molar-refractivity contribution in [2.45, 2.75) is 20.0 Å². The molecular formula is C11H13N5O2S. The summed E-state index contributed by atoms with van der Waals surface area (Å²) in [4.78, 5) is 19.9. The first-order chi connectivity index (χ1) is 9.10. The molecule has 0 saturated carbocycles. The van der Waals surface area contributed by atoms with Gasteiger partial charge < -0.3 is 4.74 Å². The molecule has 0 aliphatic heterocycles. The normalized spacial score (nSPS) is 12.2. The van der Waals surface area contributed by atoms with Gasteiger partial charge in [-0.25, -0.2) is 4.98 Å². The highest BCUT2D eigenvalue weighted by molar-refractivity contribution is 7.15. The molecule has 2 rings (SSSR count). The molecular weight excluding hydrogens is 266 g/mol. The van der Waals surface area contributed by atoms with Gasteiger partial charge >= 0.3 is 0 Å². The van der Waals surface area contributed by atoms with Gasteiger partial charge in [0.15, 0.2) is 0 Å². The molecule has 7 nitrogen and oxygen atoms in total. The van der Waals surface area contributed by atoms with Crippen molar-refractivity contribution >= 4 is 22.4 Å². The maximum absolute atomic E-state index is 11.9. The molecule has 19 heavy (non-hydrogen) atoms. The van der Waals surface area contributed by atoms with Crippen molar-refractivity contribution in [2.24, 2.45) is 0 Å². The number of aromatic nitrogens is 4. The van der Waals surface area contributed by atoms with E-state index >= 15 is 0 Å². The van der Waals surface area contributed by atoms with Crippen LogP contribution in [0.5, 0.6) is 0 Å². The van der Waals surface area contributed by atoms with Gasteiger partial charge in [-0.1, -0.05) is 11.3 Å². The number of hydrogen-bond acceptors (Lipinski definition) is 7. The summed E-state index contributed by atoms with van der Waals surface area (Å²) < 4.78 is 5.13. The maximum Gasteiger partial charge on any atom is 0.277 e. The zero-order chi connectivity index (χ0) is 13.8. The highest BCUT2D eigenvalue weighted by Gasteiger charge is 2.14. The van der Waals surface area contributed by atoms with Crippen LogP contribution in [0.3, 0.4) is 0 Å². The van der Waals surface area contributed by atoms with Gasteiger partial charge in [0.1, 0.15) is 16.8 Å². The van der Waals surface area contributed by atoms with Crippen molar-refractivity contribution in [1.29, 1.82) is 0 Å². The van der Waals surface area contributed by atoms with Gasteiger partial charge in [0.25, 0.3) is 5.91 Å². The molecule has 1 N–H and O–H groups in total. The molecule has 0 bridgehead atoms. The molecule has 1 amide bonds. The van der Waals surface area contributed by atoms with Crippen molar-refractivity contribution in [3.05, 3.63) is 28.8 Å². The number of amides is 1. The second-order valence-corrected chi connectivity index (χ2v) is 4.83. The third-order valence-electron chi connectivity index (χ3n) is 2.38. The van der Waals surface area contributed by atoms with Gasteiger partial charge in [-0.3, -0.25) is 15.1 Å². The van der Waals surface area contributed by atoms with Gasteiger partial charge in [-0.2, -0.15) is 0 Å². The average Bonchev–Trinajstić information content (AvgIpc) is 2.87. The second-order valence-electron chi connectivity index (χ2n) is 3.82. The Morgan fingerprint density at radius 3 is 2.79 bits per heavy atom. The summed E-state index contributed by atoms with van der Waals surface area (Å²) >= 11 is 1.26. The minimum atomic E-state index is -0.361. The zero-order valence-corrected chi connectivity index (χ0v) is 11.6. The Hall–Kier alpha value is -1.93. The highest BCUT2D eigenvalue weighted by Crippen LogP contribution is 2.23. The number of anilines is 1. The molecule has 1 atom stereocenters. The number of hydrogen-bond donors (Lipinski definition) is 1. The quantitative estimate of drug-likeness (QED) is 0.914. The van der Waals surface area contributed by atoms with Gasteiger partial charge in [0, 0.05) is 13.3 Å². The van der Waals surface area contributed by atoms with E-state index in [0.717, 1.165) is 5.69 Å². The van der Waals surface area contributed by atoms with E-state index in [1.165, 1.54) is 23.7 Å². The van der Waals surface area contributed by atoms with Crippen LogP contribution in [0, 0.1) is 6.92 Å². The van der Waals surface area contributed by atoms with Crippen LogP contribution in [0.4, 0.5) is 5.13 Å². The fraction of sp³-hybridized carbons (Fsp3) is 0.364. The van der Waals surface area contributed by atoms with Crippen LogP contribution in [0.25, 0.3) is 0 Å². The number of carbonyl (C=O) groups excluding carboxylic acids is 1. The van der Waals surface area contributed by atoms with E-state index in [1.807, 2.05) is 6.92 Å². The lowest BCUT2D eigenvalue weighted by Gasteiger charge is -2.02. The molecule has 0 aliphatic rings. The topological polar surface area (TPSA) is 89.9 Å². The standard InChI is InChI=1S/C11H13N5O2S/c1-6-4-13-8(5-12-6)9(17)14-11-16-15-10(19-11)7(2)18-3/h4-5,7H,1-3H3,(H,14,16,17). The average molecular weight is 279 g/mol. The molecule has 2 heterocycles. The zero-order valence-electron chi connectivity index (χ0n) is 10.7. The van der Waals surface area contributed by atoms with Crippen LogP contribution in [0.2, 0.25) is 0 Å². The lowest BCUT2D eigenvalue weighted by molar-refractivity contribution is 0.102. The Bertz CT molecular complexity index is 569. The first kappa shape index (κ1) is 13.5. The Kier molecular flexibility index (Phi) is 4.13. The summed E-state index contributed by atoms with van der Waals surface area (Å²) in [6, 6.07) is 0. The van der Waals surface area contributed by atoms with Crippen LogP contribution in [-0.4, -0.2) is 33.2 Å². The van der Waals surface area contributed by atoms with Crippen molar-refractivity contribution in [1.82, 2.24) is 20.2 Å². The third-order valence-corrected chi connectivity index (χ3v) is 3.38. The Morgan fingerprint density at radius 1 is 1.37 bits per heavy atom. The van der Waals surface area contributed by atoms with Gasteiger partial charge in [-0.05, 0) is 13.8 Å². The molecule has 8 heteroatoms. The van der Waals surface area contributed by atoms with Crippen molar-refractivity contribution in [2.75, 3.05) is 12.4 Å². The van der Waals surface area contributed by atoms with Crippen molar-refractivity contribution in [3.63, 3.8) is 0 Å². The number of nitrogens with one attached hydrogen (secondary N) is 1. The number of methoxy groups -OCH3 is 1. The van der Waals surface area contributed by atoms with E-state index in [2.05, 4.69) is 25.5 Å². The van der Waals surface area contributed by atoms with E-state index in [4.69, 9.17) is 4.74 Å². The predicted molar refractivity (Wildman–Crippen MR) is 70.1 cm³/mol. The molecule has 2 aromatic heterocycles. The first-order valence-corrected chi connectivity index (χ1v) is 6.38. The minimum Gasteiger partial charge on any atom is -0.374 e. The molecule has 0 saturated heterocycles. The third kappa shape index (κ3) is 3.30. The number of aryl methyl sites for hydroxylation is 1. The summed E-state index contributed by atoms with van der Waals surface area (Å²) in [7, 11) is 1.59. The molecule has 0 aromatic carbocycles. The lowest BCUT2D eigenvalue weighted by Crippen LogP contribution is -2.13. The van der Waals surface area contributed by atoms with Crippen molar-refractivity contribution < 1.29 is 9.53 Å². The van der Waals surface area contributed by atoms with E-state index < -0.39 is 0 Å². The highest BCUT2D eigenvalue weighted by atomic mass is 32.1. The summed E-state index contributed by atoms with van der Waals surface area (Å²) in [5.74, 6) is -0.361. The lowest BCUT2D eigenvalue weighted by atomic mass is 10.4. The van der Waals surface area contributed by atoms with E-state index in [-0.39, 0.29) is 17.7 Å². The van der Waals surface area contributed by atoms with Crippen LogP contribution in [-0.2, 0) is 4.74 Å². The second kappa shape index (κ2) is 5.81. The minimum absolute atomic E-state index is 0.151. The smallest absolute Gasteiger partial charge is 0.277 e. The summed E-state index contributed by atoms with van der Waals surface area (Å²) in [5.41, 5.74) is 0.991. The number of ether oxygens (including phenoxy) is 1. The molecule has 0 spiro atoms. The molecule has 1 unspecified atom stereocenters. The molecule has 2 aromatic rings. The monoisotopic (exact) mass is 279 g/mol. The fourth-order valence-electron chi connectivity index (χ4n) is 1.22. The van der Waals surface area contributed by atoms with Crippen LogP contribution in [0.1, 0.15) is 34.2 Å². The number of carbonyl (C=O) groups is 1. The SMILES string of the molecule is COC(C)c1nnc(NC(=O)c2cnc(C)cn2)s1. The molecule has 0 radical (unpaired) electrons. The molecule has 0 aliphatic carbocycles. The number of nitrogens with zero attached hydrogens (tertiary/aromatic N) is 4. The van der Waals surface area contributed by atoms with E-state index in [9.17, 15) is 4.79 Å². The summed E-state index contributed by atoms with van der Waals surface area (Å²) in [6.45, 7) is 3.66. The maximum atomic E-state index is 11.9.